The molecule has 0 aromatic carbocycles. The molecule has 1 aromatic heterocycles. The van der Waals surface area contributed by atoms with Gasteiger partial charge in [0, 0.05) is 12.6 Å². The largest absolute Gasteiger partial charge is 0.472 e. The standard InChI is InChI=1S/C9H8N2O2/c1-11-9(12)8(5-10)4-7-2-3-13-6-7/h2-4,6H,1H3,(H,11,12)/b8-4+. The van der Waals surface area contributed by atoms with E-state index in [2.05, 4.69) is 5.32 Å². The van der Waals surface area contributed by atoms with E-state index in [0.717, 1.165) is 0 Å². The van der Waals surface area contributed by atoms with Gasteiger partial charge >= 0.3 is 0 Å². The first-order valence-corrected chi connectivity index (χ1v) is 3.64. The summed E-state index contributed by atoms with van der Waals surface area (Å²) >= 11 is 0. The monoisotopic (exact) mass is 176 g/mol. The van der Waals surface area contributed by atoms with E-state index in [1.165, 1.54) is 25.7 Å². The molecule has 0 spiro atoms. The van der Waals surface area contributed by atoms with Crippen molar-refractivity contribution in [1.29, 1.82) is 5.26 Å². The summed E-state index contributed by atoms with van der Waals surface area (Å²) < 4.78 is 4.79. The second-order valence-corrected chi connectivity index (χ2v) is 2.31. The Morgan fingerprint density at radius 2 is 2.54 bits per heavy atom. The first-order valence-electron chi connectivity index (χ1n) is 3.64. The highest BCUT2D eigenvalue weighted by Gasteiger charge is 2.05. The molecule has 1 aromatic rings. The molecule has 1 heterocycles. The van der Waals surface area contributed by atoms with Gasteiger partial charge in [-0.1, -0.05) is 0 Å². The molecule has 0 radical (unpaired) electrons. The van der Waals surface area contributed by atoms with Crippen molar-refractivity contribution < 1.29 is 9.21 Å². The van der Waals surface area contributed by atoms with Crippen LogP contribution in [0.5, 0.6) is 0 Å². The third-order valence-corrected chi connectivity index (χ3v) is 1.45. The number of furan rings is 1. The topological polar surface area (TPSA) is 66.0 Å². The van der Waals surface area contributed by atoms with E-state index in [9.17, 15) is 4.79 Å². The predicted molar refractivity (Wildman–Crippen MR) is 46.4 cm³/mol. The van der Waals surface area contributed by atoms with Crippen LogP contribution in [-0.4, -0.2) is 13.0 Å². The molecular formula is C9H8N2O2. The van der Waals surface area contributed by atoms with Crippen molar-refractivity contribution >= 4 is 12.0 Å². The third kappa shape index (κ3) is 2.20. The van der Waals surface area contributed by atoms with Crippen LogP contribution in [0.4, 0.5) is 0 Å². The van der Waals surface area contributed by atoms with Crippen molar-refractivity contribution in [2.24, 2.45) is 0 Å². The number of nitriles is 1. The summed E-state index contributed by atoms with van der Waals surface area (Å²) in [6.07, 6.45) is 4.40. The lowest BCUT2D eigenvalue weighted by molar-refractivity contribution is -0.116. The minimum atomic E-state index is -0.399. The lowest BCUT2D eigenvalue weighted by atomic mass is 10.2. The Morgan fingerprint density at radius 1 is 1.77 bits per heavy atom. The number of rotatable bonds is 2. The molecule has 4 heteroatoms. The van der Waals surface area contributed by atoms with E-state index in [1.807, 2.05) is 0 Å². The van der Waals surface area contributed by atoms with E-state index >= 15 is 0 Å². The van der Waals surface area contributed by atoms with Crippen LogP contribution >= 0.6 is 0 Å². The van der Waals surface area contributed by atoms with Gasteiger partial charge < -0.3 is 9.73 Å². The van der Waals surface area contributed by atoms with Crippen LogP contribution in [0, 0.1) is 11.3 Å². The van der Waals surface area contributed by atoms with Crippen molar-refractivity contribution in [2.75, 3.05) is 7.05 Å². The van der Waals surface area contributed by atoms with E-state index in [-0.39, 0.29) is 5.57 Å². The lowest BCUT2D eigenvalue weighted by Gasteiger charge is -1.94. The van der Waals surface area contributed by atoms with Gasteiger partial charge in [0.2, 0.25) is 0 Å². The van der Waals surface area contributed by atoms with Gasteiger partial charge in [-0.25, -0.2) is 0 Å². The van der Waals surface area contributed by atoms with Crippen LogP contribution in [0.2, 0.25) is 0 Å². The minimum Gasteiger partial charge on any atom is -0.472 e. The van der Waals surface area contributed by atoms with Crippen molar-refractivity contribution in [2.45, 2.75) is 0 Å². The molecule has 0 aliphatic rings. The van der Waals surface area contributed by atoms with Crippen LogP contribution < -0.4 is 5.32 Å². The second kappa shape index (κ2) is 4.12. The van der Waals surface area contributed by atoms with Gasteiger partial charge in [-0.15, -0.1) is 0 Å². The molecular weight excluding hydrogens is 168 g/mol. The van der Waals surface area contributed by atoms with Crippen molar-refractivity contribution in [3.05, 3.63) is 29.7 Å². The van der Waals surface area contributed by atoms with E-state index < -0.39 is 5.91 Å². The summed E-state index contributed by atoms with van der Waals surface area (Å²) in [6, 6.07) is 3.47. The molecule has 0 aliphatic heterocycles. The van der Waals surface area contributed by atoms with Crippen molar-refractivity contribution in [3.8, 4) is 6.07 Å². The second-order valence-electron chi connectivity index (χ2n) is 2.31. The highest BCUT2D eigenvalue weighted by atomic mass is 16.3. The summed E-state index contributed by atoms with van der Waals surface area (Å²) in [5.41, 5.74) is 0.754. The highest BCUT2D eigenvalue weighted by Crippen LogP contribution is 2.06. The first kappa shape index (κ1) is 9.07. The maximum absolute atomic E-state index is 11.0. The fourth-order valence-corrected chi connectivity index (χ4v) is 0.807. The number of carbonyl (C=O) groups is 1. The zero-order chi connectivity index (χ0) is 9.68. The average molecular weight is 176 g/mol. The fraction of sp³-hybridized carbons (Fsp3) is 0.111. The van der Waals surface area contributed by atoms with Gasteiger partial charge in [-0.2, -0.15) is 5.26 Å². The van der Waals surface area contributed by atoms with Crippen LogP contribution in [0.15, 0.2) is 28.6 Å². The molecule has 1 rings (SSSR count). The molecule has 0 saturated heterocycles. The number of carbonyl (C=O) groups excluding carboxylic acids is 1. The summed E-state index contributed by atoms with van der Waals surface area (Å²) in [5.74, 6) is -0.399. The minimum absolute atomic E-state index is 0.0592. The Balaban J connectivity index is 2.91. The third-order valence-electron chi connectivity index (χ3n) is 1.45. The Morgan fingerprint density at radius 3 is 3.00 bits per heavy atom. The summed E-state index contributed by atoms with van der Waals surface area (Å²) in [4.78, 5) is 11.0. The molecule has 1 amide bonds. The van der Waals surface area contributed by atoms with Crippen molar-refractivity contribution in [3.63, 3.8) is 0 Å². The lowest BCUT2D eigenvalue weighted by Crippen LogP contribution is -2.18. The quantitative estimate of drug-likeness (QED) is 0.538. The number of nitrogens with zero attached hydrogens (tertiary/aromatic N) is 1. The number of amides is 1. The van der Waals surface area contributed by atoms with E-state index in [4.69, 9.17) is 9.68 Å². The van der Waals surface area contributed by atoms with Crippen LogP contribution in [-0.2, 0) is 4.79 Å². The summed E-state index contributed by atoms with van der Waals surface area (Å²) in [7, 11) is 1.48. The number of hydrogen-bond donors (Lipinski definition) is 1. The molecule has 13 heavy (non-hydrogen) atoms. The van der Waals surface area contributed by atoms with Crippen LogP contribution in [0.3, 0.4) is 0 Å². The fourth-order valence-electron chi connectivity index (χ4n) is 0.807. The first-order chi connectivity index (χ1) is 6.27. The van der Waals surface area contributed by atoms with Gasteiger partial charge in [0.15, 0.2) is 0 Å². The average Bonchev–Trinajstić information content (AvgIpc) is 2.65. The molecule has 0 aliphatic carbocycles. The number of nitrogens with one attached hydrogen (secondary N) is 1. The Hall–Kier alpha value is -2.02. The number of likely N-dealkylation sites (N-methyl/N-ethyl adjacent to an activating group) is 1. The highest BCUT2D eigenvalue weighted by molar-refractivity contribution is 6.01. The molecule has 4 nitrogen and oxygen atoms in total. The SMILES string of the molecule is CNC(=O)/C(C#N)=C/c1ccoc1. The normalized spacial score (nSPS) is 10.6. The van der Waals surface area contributed by atoms with Gasteiger partial charge in [-0.3, -0.25) is 4.79 Å². The van der Waals surface area contributed by atoms with Gasteiger partial charge in [-0.05, 0) is 12.1 Å². The maximum Gasteiger partial charge on any atom is 0.261 e. The molecule has 66 valence electrons. The van der Waals surface area contributed by atoms with Gasteiger partial charge in [0.25, 0.3) is 5.91 Å². The van der Waals surface area contributed by atoms with Crippen molar-refractivity contribution in [1.82, 2.24) is 5.32 Å². The maximum atomic E-state index is 11.0. The molecule has 0 saturated carbocycles. The van der Waals surface area contributed by atoms with E-state index in [0.29, 0.717) is 5.56 Å². The molecule has 0 unspecified atom stereocenters. The Bertz CT molecular complexity index is 357. The molecule has 0 fully saturated rings. The molecule has 0 bridgehead atoms. The zero-order valence-electron chi connectivity index (χ0n) is 7.07. The van der Waals surface area contributed by atoms with Crippen LogP contribution in [0.1, 0.15) is 5.56 Å². The smallest absolute Gasteiger partial charge is 0.261 e. The molecule has 1 N–H and O–H groups in total. The van der Waals surface area contributed by atoms with E-state index in [1.54, 1.807) is 12.1 Å². The number of hydrogen-bond acceptors (Lipinski definition) is 3. The Kier molecular flexibility index (Phi) is 2.87. The summed E-state index contributed by atoms with van der Waals surface area (Å²) in [6.45, 7) is 0. The summed E-state index contributed by atoms with van der Waals surface area (Å²) in [5, 5.41) is 11.0. The van der Waals surface area contributed by atoms with Crippen LogP contribution in [0.25, 0.3) is 6.08 Å². The molecule has 0 atom stereocenters. The van der Waals surface area contributed by atoms with Gasteiger partial charge in [0.05, 0.1) is 12.5 Å². The van der Waals surface area contributed by atoms with Gasteiger partial charge in [0.1, 0.15) is 11.6 Å². The Labute approximate surface area is 75.5 Å². The zero-order valence-corrected chi connectivity index (χ0v) is 7.07. The predicted octanol–water partition coefficient (Wildman–Crippen LogP) is 0.933.